The minimum absolute atomic E-state index is 0.111. The highest BCUT2D eigenvalue weighted by atomic mass is 35.5. The molecule has 1 amide bonds. The van der Waals surface area contributed by atoms with E-state index in [4.69, 9.17) is 11.6 Å². The number of halogens is 2. The molecule has 0 fully saturated rings. The van der Waals surface area contributed by atoms with Crippen LogP contribution < -0.4 is 0 Å². The van der Waals surface area contributed by atoms with Gasteiger partial charge < -0.3 is 4.90 Å². The third kappa shape index (κ3) is 3.54. The normalized spacial score (nSPS) is 10.6. The lowest BCUT2D eigenvalue weighted by atomic mass is 10.2. The first-order valence-electron chi connectivity index (χ1n) is 6.07. The van der Waals surface area contributed by atoms with E-state index in [1.54, 1.807) is 24.1 Å². The van der Waals surface area contributed by atoms with Gasteiger partial charge in [0.1, 0.15) is 18.5 Å². The summed E-state index contributed by atoms with van der Waals surface area (Å²) in [7, 11) is 1.62. The van der Waals surface area contributed by atoms with Gasteiger partial charge in [0.25, 0.3) is 0 Å². The van der Waals surface area contributed by atoms with E-state index in [2.05, 4.69) is 10.1 Å². The van der Waals surface area contributed by atoms with Crippen LogP contribution in [0.15, 0.2) is 30.9 Å². The molecule has 0 radical (unpaired) electrons. The average molecular weight is 297 g/mol. The quantitative estimate of drug-likeness (QED) is 0.849. The Hall–Kier alpha value is -1.95. The lowest BCUT2D eigenvalue weighted by Crippen LogP contribution is -2.27. The van der Waals surface area contributed by atoms with E-state index in [0.717, 1.165) is 0 Å². The maximum atomic E-state index is 13.6. The summed E-state index contributed by atoms with van der Waals surface area (Å²) in [5.74, 6) is -0.520. The van der Waals surface area contributed by atoms with Gasteiger partial charge in [-0.15, -0.1) is 0 Å². The van der Waals surface area contributed by atoms with E-state index >= 15 is 0 Å². The number of carbonyl (C=O) groups is 1. The first kappa shape index (κ1) is 14.5. The zero-order valence-corrected chi connectivity index (χ0v) is 11.7. The summed E-state index contributed by atoms with van der Waals surface area (Å²) in [5, 5.41) is 4.23. The minimum Gasteiger partial charge on any atom is -0.341 e. The lowest BCUT2D eigenvalue weighted by Gasteiger charge is -2.18. The molecule has 1 heterocycles. The van der Waals surface area contributed by atoms with Crippen LogP contribution in [0.4, 0.5) is 4.39 Å². The number of nitrogens with zero attached hydrogens (tertiary/aromatic N) is 4. The summed E-state index contributed by atoms with van der Waals surface area (Å²) in [4.78, 5) is 17.2. The van der Waals surface area contributed by atoms with Crippen molar-refractivity contribution < 1.29 is 9.18 Å². The Labute approximate surface area is 121 Å². The molecule has 0 aliphatic rings. The van der Waals surface area contributed by atoms with Crippen LogP contribution in [-0.4, -0.2) is 32.6 Å². The van der Waals surface area contributed by atoms with Crippen LogP contribution in [0, 0.1) is 5.82 Å². The lowest BCUT2D eigenvalue weighted by molar-refractivity contribution is -0.130. The molecule has 0 aliphatic carbocycles. The first-order valence-corrected chi connectivity index (χ1v) is 6.45. The van der Waals surface area contributed by atoms with Crippen LogP contribution in [0.2, 0.25) is 5.02 Å². The number of aryl methyl sites for hydroxylation is 1. The predicted molar refractivity (Wildman–Crippen MR) is 72.5 cm³/mol. The molecule has 0 saturated carbocycles. The fourth-order valence-electron chi connectivity index (χ4n) is 1.76. The molecule has 106 valence electrons. The maximum absolute atomic E-state index is 13.6. The van der Waals surface area contributed by atoms with Gasteiger partial charge in [-0.1, -0.05) is 17.7 Å². The predicted octanol–water partition coefficient (Wildman–Crippen LogP) is 2.12. The third-order valence-corrected chi connectivity index (χ3v) is 3.26. The van der Waals surface area contributed by atoms with E-state index in [0.29, 0.717) is 17.1 Å². The molecule has 5 nitrogen and oxygen atoms in total. The molecular weight excluding hydrogens is 283 g/mol. The second kappa shape index (κ2) is 6.47. The first-order chi connectivity index (χ1) is 9.58. The topological polar surface area (TPSA) is 51.0 Å². The summed E-state index contributed by atoms with van der Waals surface area (Å²) < 4.78 is 15.2. The summed E-state index contributed by atoms with van der Waals surface area (Å²) in [6.45, 7) is 0.579. The van der Waals surface area contributed by atoms with Gasteiger partial charge in [0.15, 0.2) is 0 Å². The van der Waals surface area contributed by atoms with Gasteiger partial charge in [0.05, 0.1) is 6.54 Å². The number of hydrogen-bond acceptors (Lipinski definition) is 3. The Morgan fingerprint density at radius 3 is 2.95 bits per heavy atom. The van der Waals surface area contributed by atoms with E-state index in [1.807, 2.05) is 0 Å². The van der Waals surface area contributed by atoms with Crippen LogP contribution >= 0.6 is 11.6 Å². The monoisotopic (exact) mass is 296 g/mol. The second-order valence-corrected chi connectivity index (χ2v) is 4.77. The van der Waals surface area contributed by atoms with Crippen LogP contribution in [0.25, 0.3) is 0 Å². The molecule has 0 atom stereocenters. The molecule has 1 aromatic carbocycles. The molecule has 0 saturated heterocycles. The van der Waals surface area contributed by atoms with Gasteiger partial charge >= 0.3 is 0 Å². The zero-order chi connectivity index (χ0) is 14.5. The van der Waals surface area contributed by atoms with Crippen molar-refractivity contribution >= 4 is 17.5 Å². The van der Waals surface area contributed by atoms with Crippen LogP contribution in [0.5, 0.6) is 0 Å². The number of aromatic nitrogens is 3. The minimum atomic E-state index is -0.409. The SMILES string of the molecule is CN(Cc1c(F)cccc1Cl)C(=O)CCn1cncn1. The van der Waals surface area contributed by atoms with Crippen molar-refractivity contribution in [2.75, 3.05) is 7.05 Å². The van der Waals surface area contributed by atoms with Gasteiger partial charge in [-0.3, -0.25) is 9.48 Å². The highest BCUT2D eigenvalue weighted by Gasteiger charge is 2.14. The van der Waals surface area contributed by atoms with Crippen molar-refractivity contribution in [1.29, 1.82) is 0 Å². The van der Waals surface area contributed by atoms with Gasteiger partial charge in [0.2, 0.25) is 5.91 Å². The van der Waals surface area contributed by atoms with Crippen molar-refractivity contribution in [3.05, 3.63) is 47.3 Å². The molecule has 7 heteroatoms. The Morgan fingerprint density at radius 2 is 2.30 bits per heavy atom. The molecule has 0 N–H and O–H groups in total. The summed E-state index contributed by atoms with van der Waals surface area (Å²) in [5.41, 5.74) is 0.325. The number of carbonyl (C=O) groups excluding carboxylic acids is 1. The van der Waals surface area contributed by atoms with Crippen molar-refractivity contribution in [3.8, 4) is 0 Å². The molecule has 2 aromatic rings. The zero-order valence-electron chi connectivity index (χ0n) is 11.0. The molecule has 2 rings (SSSR count). The van der Waals surface area contributed by atoms with Crippen molar-refractivity contribution in [2.45, 2.75) is 19.5 Å². The third-order valence-electron chi connectivity index (χ3n) is 2.90. The Morgan fingerprint density at radius 1 is 1.50 bits per heavy atom. The molecule has 1 aromatic heterocycles. The molecule has 0 aliphatic heterocycles. The molecule has 0 spiro atoms. The van der Waals surface area contributed by atoms with E-state index in [9.17, 15) is 9.18 Å². The van der Waals surface area contributed by atoms with Crippen LogP contribution in [0.3, 0.4) is 0 Å². The molecule has 0 unspecified atom stereocenters. The van der Waals surface area contributed by atoms with Crippen LogP contribution in [0.1, 0.15) is 12.0 Å². The van der Waals surface area contributed by atoms with Gasteiger partial charge in [-0.2, -0.15) is 5.10 Å². The van der Waals surface area contributed by atoms with Crippen molar-refractivity contribution in [2.24, 2.45) is 0 Å². The number of rotatable bonds is 5. The average Bonchev–Trinajstić information content (AvgIpc) is 2.93. The van der Waals surface area contributed by atoms with Gasteiger partial charge in [-0.05, 0) is 12.1 Å². The fourth-order valence-corrected chi connectivity index (χ4v) is 1.98. The standard InChI is InChI=1S/C13H14ClFN4O/c1-18(7-10-11(14)3-2-4-12(10)15)13(20)5-6-19-9-16-8-17-19/h2-4,8-9H,5-7H2,1H3. The fraction of sp³-hybridized carbons (Fsp3) is 0.308. The summed E-state index contributed by atoms with van der Waals surface area (Å²) in [6, 6.07) is 4.47. The molecule has 0 bridgehead atoms. The summed E-state index contributed by atoms with van der Waals surface area (Å²) >= 11 is 5.94. The van der Waals surface area contributed by atoms with E-state index in [-0.39, 0.29) is 18.9 Å². The molecule has 20 heavy (non-hydrogen) atoms. The Bertz CT molecular complexity index is 568. The summed E-state index contributed by atoms with van der Waals surface area (Å²) in [6.07, 6.45) is 3.22. The van der Waals surface area contributed by atoms with Gasteiger partial charge in [-0.25, -0.2) is 9.37 Å². The van der Waals surface area contributed by atoms with E-state index < -0.39 is 5.82 Å². The highest BCUT2D eigenvalue weighted by molar-refractivity contribution is 6.31. The Balaban J connectivity index is 1.94. The largest absolute Gasteiger partial charge is 0.341 e. The highest BCUT2D eigenvalue weighted by Crippen LogP contribution is 2.20. The maximum Gasteiger partial charge on any atom is 0.224 e. The van der Waals surface area contributed by atoms with Crippen LogP contribution in [-0.2, 0) is 17.9 Å². The smallest absolute Gasteiger partial charge is 0.224 e. The van der Waals surface area contributed by atoms with Crippen molar-refractivity contribution in [3.63, 3.8) is 0 Å². The second-order valence-electron chi connectivity index (χ2n) is 4.36. The number of benzene rings is 1. The molecular formula is C13H14ClFN4O. The van der Waals surface area contributed by atoms with E-state index in [1.165, 1.54) is 23.4 Å². The number of hydrogen-bond donors (Lipinski definition) is 0. The Kier molecular flexibility index (Phi) is 4.68. The number of amides is 1. The van der Waals surface area contributed by atoms with Gasteiger partial charge in [0, 0.05) is 30.6 Å². The van der Waals surface area contributed by atoms with Crippen molar-refractivity contribution in [1.82, 2.24) is 19.7 Å².